The van der Waals surface area contributed by atoms with E-state index in [1.807, 2.05) is 6.92 Å². The predicted octanol–water partition coefficient (Wildman–Crippen LogP) is 3.20. The molecule has 2 saturated heterocycles. The van der Waals surface area contributed by atoms with E-state index in [1.165, 1.54) is 25.8 Å². The molecule has 2 nitrogen and oxygen atoms in total. The van der Waals surface area contributed by atoms with E-state index < -0.39 is 0 Å². The van der Waals surface area contributed by atoms with E-state index in [1.54, 1.807) is 12.1 Å². The molecule has 1 aromatic rings. The Kier molecular flexibility index (Phi) is 3.48. The normalized spacial score (nSPS) is 28.3. The second-order valence-corrected chi connectivity index (χ2v) is 6.13. The third-order valence-electron chi connectivity index (χ3n) is 4.55. The molecule has 3 heteroatoms. The topological polar surface area (TPSA) is 6.48 Å². The van der Waals surface area contributed by atoms with Crippen molar-refractivity contribution in [2.24, 2.45) is 0 Å². The molecule has 0 amide bonds. The van der Waals surface area contributed by atoms with Gasteiger partial charge in [-0.25, -0.2) is 4.39 Å². The third kappa shape index (κ3) is 2.62. The van der Waals surface area contributed by atoms with Crippen LogP contribution in [0.1, 0.15) is 31.7 Å². The minimum Gasteiger partial charge on any atom is -0.366 e. The van der Waals surface area contributed by atoms with Crippen LogP contribution in [0.5, 0.6) is 0 Å². The molecule has 0 radical (unpaired) electrons. The third-order valence-corrected chi connectivity index (χ3v) is 4.55. The number of anilines is 1. The van der Waals surface area contributed by atoms with E-state index in [0.29, 0.717) is 12.1 Å². The van der Waals surface area contributed by atoms with Crippen molar-refractivity contribution in [3.63, 3.8) is 0 Å². The summed E-state index contributed by atoms with van der Waals surface area (Å²) in [7, 11) is 0. The van der Waals surface area contributed by atoms with E-state index >= 15 is 0 Å². The largest absolute Gasteiger partial charge is 0.366 e. The Bertz CT molecular complexity index is 440. The molecule has 1 aromatic carbocycles. The van der Waals surface area contributed by atoms with Crippen molar-refractivity contribution in [2.45, 2.75) is 45.2 Å². The molecule has 2 fully saturated rings. The molecule has 2 atom stereocenters. The highest BCUT2D eigenvalue weighted by Crippen LogP contribution is 2.29. The van der Waals surface area contributed by atoms with Crippen molar-refractivity contribution >= 4 is 5.69 Å². The summed E-state index contributed by atoms with van der Waals surface area (Å²) in [6, 6.07) is 6.52. The molecule has 3 rings (SSSR count). The maximum atomic E-state index is 13.6. The Morgan fingerprint density at radius 3 is 2.79 bits per heavy atom. The Morgan fingerprint density at radius 2 is 2.00 bits per heavy atom. The minimum atomic E-state index is -0.117. The van der Waals surface area contributed by atoms with Crippen molar-refractivity contribution in [1.82, 2.24) is 4.90 Å². The van der Waals surface area contributed by atoms with Gasteiger partial charge in [-0.1, -0.05) is 6.42 Å². The van der Waals surface area contributed by atoms with E-state index in [2.05, 4.69) is 22.8 Å². The molecule has 104 valence electrons. The van der Waals surface area contributed by atoms with E-state index in [9.17, 15) is 4.39 Å². The second kappa shape index (κ2) is 5.12. The summed E-state index contributed by atoms with van der Waals surface area (Å²) >= 11 is 0. The van der Waals surface area contributed by atoms with Gasteiger partial charge >= 0.3 is 0 Å². The van der Waals surface area contributed by atoms with Gasteiger partial charge in [-0.05, 0) is 57.0 Å². The van der Waals surface area contributed by atoms with Crippen LogP contribution in [0.3, 0.4) is 0 Å². The average Bonchev–Trinajstić information content (AvgIpc) is 2.36. The molecule has 0 aromatic heterocycles. The lowest BCUT2D eigenvalue weighted by molar-refractivity contribution is 0.115. The van der Waals surface area contributed by atoms with Crippen molar-refractivity contribution in [2.75, 3.05) is 24.5 Å². The van der Waals surface area contributed by atoms with Crippen molar-refractivity contribution in [1.29, 1.82) is 0 Å². The van der Waals surface area contributed by atoms with Crippen molar-refractivity contribution in [3.8, 4) is 0 Å². The number of piperazine rings is 1. The first kappa shape index (κ1) is 12.9. The fraction of sp³-hybridized carbons (Fsp3) is 0.625. The van der Waals surface area contributed by atoms with Crippen LogP contribution in [0.15, 0.2) is 18.2 Å². The molecule has 0 bridgehead atoms. The zero-order chi connectivity index (χ0) is 13.4. The van der Waals surface area contributed by atoms with Crippen LogP contribution < -0.4 is 4.90 Å². The second-order valence-electron chi connectivity index (χ2n) is 6.13. The van der Waals surface area contributed by atoms with E-state index in [4.69, 9.17) is 0 Å². The summed E-state index contributed by atoms with van der Waals surface area (Å²) < 4.78 is 13.6. The number of hydrogen-bond donors (Lipinski definition) is 0. The van der Waals surface area contributed by atoms with Crippen LogP contribution in [0.2, 0.25) is 0 Å². The monoisotopic (exact) mass is 262 g/mol. The number of fused-ring (bicyclic) bond motifs is 1. The SMILES string of the molecule is Cc1cc(F)cc(N2CC3CCCCN3CC2C)c1. The molecule has 0 spiro atoms. The van der Waals surface area contributed by atoms with Gasteiger partial charge in [0.15, 0.2) is 0 Å². The first-order chi connectivity index (χ1) is 9.13. The molecule has 2 heterocycles. The quantitative estimate of drug-likeness (QED) is 0.767. The van der Waals surface area contributed by atoms with Gasteiger partial charge in [0.2, 0.25) is 0 Å². The van der Waals surface area contributed by atoms with Gasteiger partial charge in [0.1, 0.15) is 5.82 Å². The smallest absolute Gasteiger partial charge is 0.125 e. The molecule has 2 aliphatic heterocycles. The zero-order valence-electron chi connectivity index (χ0n) is 11.9. The van der Waals surface area contributed by atoms with Crippen LogP contribution in [-0.4, -0.2) is 36.6 Å². The zero-order valence-corrected chi connectivity index (χ0v) is 11.9. The predicted molar refractivity (Wildman–Crippen MR) is 77.2 cm³/mol. The molecular weight excluding hydrogens is 239 g/mol. The number of piperidine rings is 1. The van der Waals surface area contributed by atoms with Gasteiger partial charge in [0, 0.05) is 30.9 Å². The molecule has 0 aliphatic carbocycles. The highest BCUT2D eigenvalue weighted by molar-refractivity contribution is 5.50. The van der Waals surface area contributed by atoms with Gasteiger partial charge in [-0.2, -0.15) is 0 Å². The summed E-state index contributed by atoms with van der Waals surface area (Å²) in [6.07, 6.45) is 3.96. The van der Waals surface area contributed by atoms with Gasteiger partial charge < -0.3 is 4.90 Å². The highest BCUT2D eigenvalue weighted by Gasteiger charge is 2.33. The summed E-state index contributed by atoms with van der Waals surface area (Å²) in [4.78, 5) is 5.01. The molecule has 0 N–H and O–H groups in total. The van der Waals surface area contributed by atoms with Crippen LogP contribution in [0.25, 0.3) is 0 Å². The van der Waals surface area contributed by atoms with Crippen LogP contribution in [0, 0.1) is 12.7 Å². The Balaban J connectivity index is 1.83. The lowest BCUT2D eigenvalue weighted by Gasteiger charge is -2.48. The van der Waals surface area contributed by atoms with Crippen molar-refractivity contribution in [3.05, 3.63) is 29.6 Å². The Morgan fingerprint density at radius 1 is 1.16 bits per heavy atom. The standard InChI is InChI=1S/C16H23FN2/c1-12-7-14(17)9-16(8-12)19-11-15-5-3-4-6-18(15)10-13(19)2/h7-9,13,15H,3-6,10-11H2,1-2H3. The average molecular weight is 262 g/mol. The number of aryl methyl sites for hydroxylation is 1. The molecule has 2 unspecified atom stereocenters. The fourth-order valence-electron chi connectivity index (χ4n) is 3.59. The maximum Gasteiger partial charge on any atom is 0.125 e. The van der Waals surface area contributed by atoms with Gasteiger partial charge in [0.05, 0.1) is 0 Å². The summed E-state index contributed by atoms with van der Waals surface area (Å²) in [5.41, 5.74) is 2.06. The number of rotatable bonds is 1. The first-order valence-corrected chi connectivity index (χ1v) is 7.41. The Hall–Kier alpha value is -1.09. The molecule has 0 saturated carbocycles. The summed E-state index contributed by atoms with van der Waals surface area (Å²) in [6.45, 7) is 7.62. The lowest BCUT2D eigenvalue weighted by atomic mass is 9.96. The number of benzene rings is 1. The molecule has 19 heavy (non-hydrogen) atoms. The van der Waals surface area contributed by atoms with Crippen LogP contribution in [0.4, 0.5) is 10.1 Å². The number of nitrogens with zero attached hydrogens (tertiary/aromatic N) is 2. The van der Waals surface area contributed by atoms with Gasteiger partial charge in [0.25, 0.3) is 0 Å². The summed E-state index contributed by atoms with van der Waals surface area (Å²) in [5, 5.41) is 0. The molecule has 2 aliphatic rings. The number of halogens is 1. The maximum absolute atomic E-state index is 13.6. The summed E-state index contributed by atoms with van der Waals surface area (Å²) in [5.74, 6) is -0.117. The van der Waals surface area contributed by atoms with Crippen LogP contribution in [-0.2, 0) is 0 Å². The van der Waals surface area contributed by atoms with E-state index in [0.717, 1.165) is 24.3 Å². The first-order valence-electron chi connectivity index (χ1n) is 7.41. The lowest BCUT2D eigenvalue weighted by Crippen LogP contribution is -2.58. The van der Waals surface area contributed by atoms with Gasteiger partial charge in [-0.3, -0.25) is 4.90 Å². The highest BCUT2D eigenvalue weighted by atomic mass is 19.1. The Labute approximate surface area is 115 Å². The molecular formula is C16H23FN2. The fourth-order valence-corrected chi connectivity index (χ4v) is 3.59. The van der Waals surface area contributed by atoms with Gasteiger partial charge in [-0.15, -0.1) is 0 Å². The minimum absolute atomic E-state index is 0.117. The number of hydrogen-bond acceptors (Lipinski definition) is 2. The van der Waals surface area contributed by atoms with Crippen molar-refractivity contribution < 1.29 is 4.39 Å². The van der Waals surface area contributed by atoms with E-state index in [-0.39, 0.29) is 5.82 Å². The van der Waals surface area contributed by atoms with Crippen LogP contribution >= 0.6 is 0 Å².